The van der Waals surface area contributed by atoms with Gasteiger partial charge in [-0.05, 0) is 73.7 Å². The number of aryl methyl sites for hydroxylation is 3. The fourth-order valence-corrected chi connectivity index (χ4v) is 4.97. The molecule has 2 unspecified atom stereocenters. The molecule has 0 radical (unpaired) electrons. The standard InChI is InChI=1S/C32H31N3O3/c1-20-10-12-25(21(2)16-20)31(23-8-6-5-7-9-23)35-30(36)17-24-11-13-28-27(34-24)18-29(38-28)32(4,37)26-14-15-33-19-22(26)3/h5-16,18-19,31,37H,17H2,1-4H3,(H,35,36). The number of carbonyl (C=O) groups is 1. The second-order valence-corrected chi connectivity index (χ2v) is 10.0. The Morgan fingerprint density at radius 2 is 1.79 bits per heavy atom. The lowest BCUT2D eigenvalue weighted by atomic mass is 9.91. The van der Waals surface area contributed by atoms with Crippen LogP contribution in [-0.2, 0) is 16.8 Å². The van der Waals surface area contributed by atoms with Gasteiger partial charge in [0.25, 0.3) is 0 Å². The van der Waals surface area contributed by atoms with Gasteiger partial charge in [0.1, 0.15) is 16.9 Å². The van der Waals surface area contributed by atoms with Gasteiger partial charge in [0, 0.05) is 18.5 Å². The van der Waals surface area contributed by atoms with Crippen LogP contribution in [0.4, 0.5) is 0 Å². The summed E-state index contributed by atoms with van der Waals surface area (Å²) < 4.78 is 5.97. The van der Waals surface area contributed by atoms with Gasteiger partial charge in [-0.1, -0.05) is 54.1 Å². The number of hydrogen-bond donors (Lipinski definition) is 2. The van der Waals surface area contributed by atoms with E-state index >= 15 is 0 Å². The first-order valence-corrected chi connectivity index (χ1v) is 12.7. The normalized spacial score (nSPS) is 13.7. The lowest BCUT2D eigenvalue weighted by Crippen LogP contribution is -2.31. The fourth-order valence-electron chi connectivity index (χ4n) is 4.97. The van der Waals surface area contributed by atoms with Crippen LogP contribution in [0, 0.1) is 20.8 Å². The second-order valence-electron chi connectivity index (χ2n) is 10.0. The van der Waals surface area contributed by atoms with Crippen molar-refractivity contribution < 1.29 is 14.3 Å². The Labute approximate surface area is 222 Å². The van der Waals surface area contributed by atoms with Crippen molar-refractivity contribution in [3.63, 3.8) is 0 Å². The van der Waals surface area contributed by atoms with Crippen molar-refractivity contribution in [3.05, 3.63) is 130 Å². The summed E-state index contributed by atoms with van der Waals surface area (Å²) in [6, 6.07) is 23.1. The molecular weight excluding hydrogens is 474 g/mol. The van der Waals surface area contributed by atoms with Crippen LogP contribution >= 0.6 is 0 Å². The van der Waals surface area contributed by atoms with Crippen molar-refractivity contribution in [3.8, 4) is 0 Å². The molecule has 0 aliphatic heterocycles. The van der Waals surface area contributed by atoms with E-state index in [1.165, 1.54) is 5.56 Å². The summed E-state index contributed by atoms with van der Waals surface area (Å²) in [6.45, 7) is 7.72. The highest BCUT2D eigenvalue weighted by molar-refractivity contribution is 5.81. The number of nitrogens with zero attached hydrogens (tertiary/aromatic N) is 2. The molecule has 5 aromatic rings. The first-order valence-electron chi connectivity index (χ1n) is 12.7. The zero-order chi connectivity index (χ0) is 26.9. The molecule has 6 heteroatoms. The fraction of sp³-hybridized carbons (Fsp3) is 0.219. The molecule has 0 bridgehead atoms. The predicted molar refractivity (Wildman–Crippen MR) is 148 cm³/mol. The van der Waals surface area contributed by atoms with Crippen molar-refractivity contribution in [1.29, 1.82) is 0 Å². The van der Waals surface area contributed by atoms with E-state index in [2.05, 4.69) is 47.3 Å². The number of amides is 1. The molecule has 0 saturated carbocycles. The third-order valence-corrected chi connectivity index (χ3v) is 6.97. The minimum absolute atomic E-state index is 0.116. The van der Waals surface area contributed by atoms with Gasteiger partial charge in [0.15, 0.2) is 5.58 Å². The first kappa shape index (κ1) is 25.4. The minimum Gasteiger partial charge on any atom is -0.456 e. The van der Waals surface area contributed by atoms with Crippen LogP contribution in [-0.4, -0.2) is 21.0 Å². The lowest BCUT2D eigenvalue weighted by Gasteiger charge is -2.22. The SMILES string of the molecule is Cc1ccc(C(NC(=O)Cc2ccc3oc(C(C)(O)c4ccncc4C)cc3n2)c2ccccc2)c(C)c1. The molecule has 38 heavy (non-hydrogen) atoms. The molecule has 192 valence electrons. The number of furan rings is 1. The van der Waals surface area contributed by atoms with E-state index in [-0.39, 0.29) is 18.4 Å². The van der Waals surface area contributed by atoms with E-state index in [9.17, 15) is 9.90 Å². The van der Waals surface area contributed by atoms with Crippen LogP contribution in [0.3, 0.4) is 0 Å². The molecule has 1 amide bonds. The van der Waals surface area contributed by atoms with Gasteiger partial charge in [0.2, 0.25) is 5.91 Å². The molecule has 0 fully saturated rings. The van der Waals surface area contributed by atoms with E-state index < -0.39 is 5.60 Å². The van der Waals surface area contributed by atoms with E-state index in [1.807, 2.05) is 37.3 Å². The number of hydrogen-bond acceptors (Lipinski definition) is 5. The first-order chi connectivity index (χ1) is 18.2. The minimum atomic E-state index is -1.35. The molecule has 3 aromatic heterocycles. The maximum Gasteiger partial charge on any atom is 0.226 e. The number of aromatic nitrogens is 2. The van der Waals surface area contributed by atoms with Crippen molar-refractivity contribution in [2.45, 2.75) is 45.8 Å². The molecule has 5 rings (SSSR count). The summed E-state index contributed by atoms with van der Waals surface area (Å²) in [7, 11) is 0. The monoisotopic (exact) mass is 505 g/mol. The Morgan fingerprint density at radius 3 is 2.53 bits per heavy atom. The maximum atomic E-state index is 13.3. The average molecular weight is 506 g/mol. The summed E-state index contributed by atoms with van der Waals surface area (Å²) in [4.78, 5) is 22.0. The van der Waals surface area contributed by atoms with Crippen LogP contribution in [0.15, 0.2) is 89.6 Å². The van der Waals surface area contributed by atoms with E-state index in [1.54, 1.807) is 43.6 Å². The zero-order valence-corrected chi connectivity index (χ0v) is 22.0. The Balaban J connectivity index is 1.39. The molecular formula is C32H31N3O3. The largest absolute Gasteiger partial charge is 0.456 e. The quantitative estimate of drug-likeness (QED) is 0.290. The van der Waals surface area contributed by atoms with Crippen molar-refractivity contribution in [2.24, 2.45) is 0 Å². The number of fused-ring (bicyclic) bond motifs is 1. The molecule has 6 nitrogen and oxygen atoms in total. The van der Waals surface area contributed by atoms with Gasteiger partial charge in [-0.15, -0.1) is 0 Å². The summed E-state index contributed by atoms with van der Waals surface area (Å²) in [5, 5.41) is 14.5. The van der Waals surface area contributed by atoms with Gasteiger partial charge in [0.05, 0.1) is 18.2 Å². The van der Waals surface area contributed by atoms with Crippen LogP contribution < -0.4 is 5.32 Å². The van der Waals surface area contributed by atoms with Gasteiger partial charge in [-0.2, -0.15) is 0 Å². The third-order valence-electron chi connectivity index (χ3n) is 6.97. The third kappa shape index (κ3) is 5.08. The van der Waals surface area contributed by atoms with Crippen LogP contribution in [0.25, 0.3) is 11.1 Å². The Hall–Kier alpha value is -4.29. The molecule has 2 N–H and O–H groups in total. The molecule has 2 atom stereocenters. The van der Waals surface area contributed by atoms with E-state index in [0.717, 1.165) is 22.3 Å². The molecule has 0 aliphatic carbocycles. The van der Waals surface area contributed by atoms with E-state index in [0.29, 0.717) is 28.1 Å². The highest BCUT2D eigenvalue weighted by atomic mass is 16.4. The van der Waals surface area contributed by atoms with Crippen molar-refractivity contribution in [2.75, 3.05) is 0 Å². The van der Waals surface area contributed by atoms with Crippen LogP contribution in [0.5, 0.6) is 0 Å². The van der Waals surface area contributed by atoms with E-state index in [4.69, 9.17) is 4.42 Å². The number of pyridine rings is 2. The molecule has 2 aromatic carbocycles. The topological polar surface area (TPSA) is 88.2 Å². The second kappa shape index (κ2) is 10.2. The highest BCUT2D eigenvalue weighted by Gasteiger charge is 2.31. The number of rotatable bonds is 7. The van der Waals surface area contributed by atoms with Crippen LogP contribution in [0.2, 0.25) is 0 Å². The molecule has 0 aliphatic rings. The van der Waals surface area contributed by atoms with Gasteiger partial charge in [-0.25, -0.2) is 4.98 Å². The predicted octanol–water partition coefficient (Wildman–Crippen LogP) is 5.85. The Morgan fingerprint density at radius 1 is 1.00 bits per heavy atom. The average Bonchev–Trinajstić information content (AvgIpc) is 3.33. The number of aliphatic hydroxyl groups is 1. The summed E-state index contributed by atoms with van der Waals surface area (Å²) in [5.74, 6) is 0.253. The van der Waals surface area contributed by atoms with Gasteiger partial charge in [-0.3, -0.25) is 9.78 Å². The summed E-state index contributed by atoms with van der Waals surface area (Å²) in [5.41, 5.74) is 6.37. The number of carbonyl (C=O) groups excluding carboxylic acids is 1. The number of benzene rings is 2. The van der Waals surface area contributed by atoms with Gasteiger partial charge >= 0.3 is 0 Å². The molecule has 3 heterocycles. The van der Waals surface area contributed by atoms with Gasteiger partial charge < -0.3 is 14.8 Å². The molecule has 0 spiro atoms. The Bertz CT molecular complexity index is 1610. The Kier molecular flexibility index (Phi) is 6.83. The van der Waals surface area contributed by atoms with Crippen LogP contribution in [0.1, 0.15) is 57.8 Å². The maximum absolute atomic E-state index is 13.3. The van der Waals surface area contributed by atoms with Crippen molar-refractivity contribution in [1.82, 2.24) is 15.3 Å². The summed E-state index contributed by atoms with van der Waals surface area (Å²) >= 11 is 0. The lowest BCUT2D eigenvalue weighted by molar-refractivity contribution is -0.121. The smallest absolute Gasteiger partial charge is 0.226 e. The molecule has 0 saturated heterocycles. The number of nitrogens with one attached hydrogen (secondary N) is 1. The summed E-state index contributed by atoms with van der Waals surface area (Å²) in [6.07, 6.45) is 3.47. The highest BCUT2D eigenvalue weighted by Crippen LogP contribution is 2.34. The van der Waals surface area contributed by atoms with Crippen molar-refractivity contribution >= 4 is 17.0 Å². The zero-order valence-electron chi connectivity index (χ0n) is 22.0.